The van der Waals surface area contributed by atoms with E-state index in [1.54, 1.807) is 7.05 Å². The summed E-state index contributed by atoms with van der Waals surface area (Å²) in [6.45, 7) is 2.75. The number of anilines is 1. The highest BCUT2D eigenvalue weighted by molar-refractivity contribution is 5.78. The number of nitrogens with zero attached hydrogens (tertiary/aromatic N) is 2. The van der Waals surface area contributed by atoms with Crippen molar-refractivity contribution < 1.29 is 4.79 Å². The lowest BCUT2D eigenvalue weighted by Crippen LogP contribution is -2.19. The van der Waals surface area contributed by atoms with Crippen molar-refractivity contribution in [1.29, 1.82) is 0 Å². The Labute approximate surface area is 119 Å². The quantitative estimate of drug-likeness (QED) is 0.869. The summed E-state index contributed by atoms with van der Waals surface area (Å²) in [5.41, 5.74) is 4.26. The van der Waals surface area contributed by atoms with Gasteiger partial charge >= 0.3 is 0 Å². The number of carbonyl (C=O) groups is 1. The van der Waals surface area contributed by atoms with Crippen LogP contribution in [0.1, 0.15) is 16.8 Å². The van der Waals surface area contributed by atoms with E-state index in [0.717, 1.165) is 23.5 Å². The third kappa shape index (κ3) is 3.60. The number of nitrogens with one attached hydrogen (secondary N) is 2. The highest BCUT2D eigenvalue weighted by Crippen LogP contribution is 2.13. The molecule has 0 saturated heterocycles. The number of rotatable bonds is 5. The van der Waals surface area contributed by atoms with E-state index in [0.29, 0.717) is 6.42 Å². The standard InChI is InChI=1S/C15H20N4O/c1-11-13(10-19(3)18-11)9-17-14-6-4-12(5-7-14)8-15(20)16-2/h4-7,10,17H,8-9H2,1-3H3,(H,16,20). The fraction of sp³-hybridized carbons (Fsp3) is 0.333. The van der Waals surface area contributed by atoms with Gasteiger partial charge in [0.25, 0.3) is 0 Å². The highest BCUT2D eigenvalue weighted by atomic mass is 16.1. The molecule has 0 saturated carbocycles. The Hall–Kier alpha value is -2.30. The summed E-state index contributed by atoms with van der Waals surface area (Å²) in [5, 5.41) is 10.3. The molecule has 0 aliphatic rings. The van der Waals surface area contributed by atoms with Gasteiger partial charge in [0.1, 0.15) is 0 Å². The number of aromatic nitrogens is 2. The second-order valence-corrected chi connectivity index (χ2v) is 4.81. The molecule has 0 aliphatic carbocycles. The van der Waals surface area contributed by atoms with Gasteiger partial charge in [-0.05, 0) is 24.6 Å². The molecule has 0 radical (unpaired) electrons. The molecular weight excluding hydrogens is 252 g/mol. The van der Waals surface area contributed by atoms with Crippen LogP contribution in [0, 0.1) is 6.92 Å². The number of amides is 1. The van der Waals surface area contributed by atoms with Gasteiger partial charge in [0, 0.05) is 38.1 Å². The van der Waals surface area contributed by atoms with Crippen molar-refractivity contribution in [2.45, 2.75) is 19.9 Å². The summed E-state index contributed by atoms with van der Waals surface area (Å²) in [4.78, 5) is 11.3. The van der Waals surface area contributed by atoms with E-state index in [-0.39, 0.29) is 5.91 Å². The predicted molar refractivity (Wildman–Crippen MR) is 79.5 cm³/mol. The molecule has 1 heterocycles. The van der Waals surface area contributed by atoms with Gasteiger partial charge in [-0.25, -0.2) is 0 Å². The maximum Gasteiger partial charge on any atom is 0.224 e. The van der Waals surface area contributed by atoms with E-state index >= 15 is 0 Å². The van der Waals surface area contributed by atoms with Crippen LogP contribution in [0.4, 0.5) is 5.69 Å². The molecule has 0 spiro atoms. The number of hydrogen-bond donors (Lipinski definition) is 2. The third-order valence-electron chi connectivity index (χ3n) is 3.20. The average molecular weight is 272 g/mol. The van der Waals surface area contributed by atoms with Crippen LogP contribution in [0.3, 0.4) is 0 Å². The molecule has 20 heavy (non-hydrogen) atoms. The molecule has 0 bridgehead atoms. The van der Waals surface area contributed by atoms with Crippen molar-refractivity contribution in [1.82, 2.24) is 15.1 Å². The highest BCUT2D eigenvalue weighted by Gasteiger charge is 2.03. The van der Waals surface area contributed by atoms with Crippen molar-refractivity contribution in [2.75, 3.05) is 12.4 Å². The molecule has 1 aromatic carbocycles. The fourth-order valence-electron chi connectivity index (χ4n) is 2.03. The van der Waals surface area contributed by atoms with Crippen molar-refractivity contribution in [3.8, 4) is 0 Å². The summed E-state index contributed by atoms with van der Waals surface area (Å²) in [5.74, 6) is 0.0247. The second-order valence-electron chi connectivity index (χ2n) is 4.81. The Bertz CT molecular complexity index is 586. The molecule has 0 aliphatic heterocycles. The minimum absolute atomic E-state index is 0.0247. The van der Waals surface area contributed by atoms with Crippen LogP contribution < -0.4 is 10.6 Å². The second kappa shape index (κ2) is 6.23. The molecule has 2 aromatic rings. The molecule has 0 atom stereocenters. The molecule has 0 fully saturated rings. The van der Waals surface area contributed by atoms with E-state index in [2.05, 4.69) is 15.7 Å². The third-order valence-corrected chi connectivity index (χ3v) is 3.20. The van der Waals surface area contributed by atoms with Crippen molar-refractivity contribution in [3.63, 3.8) is 0 Å². The molecular formula is C15H20N4O. The van der Waals surface area contributed by atoms with Crippen LogP contribution in [0.15, 0.2) is 30.5 Å². The van der Waals surface area contributed by atoms with E-state index in [9.17, 15) is 4.79 Å². The van der Waals surface area contributed by atoms with Crippen LogP contribution >= 0.6 is 0 Å². The Morgan fingerprint density at radius 1 is 1.30 bits per heavy atom. The number of carbonyl (C=O) groups excluding carboxylic acids is 1. The van der Waals surface area contributed by atoms with E-state index in [1.165, 1.54) is 5.56 Å². The first-order chi connectivity index (χ1) is 9.58. The van der Waals surface area contributed by atoms with Gasteiger partial charge in [0.2, 0.25) is 5.91 Å². The summed E-state index contributed by atoms with van der Waals surface area (Å²) in [7, 11) is 3.57. The monoisotopic (exact) mass is 272 g/mol. The van der Waals surface area contributed by atoms with Gasteiger partial charge in [0.05, 0.1) is 12.1 Å². The van der Waals surface area contributed by atoms with Gasteiger partial charge in [0.15, 0.2) is 0 Å². The normalized spacial score (nSPS) is 10.3. The number of benzene rings is 1. The summed E-state index contributed by atoms with van der Waals surface area (Å²) in [6, 6.07) is 7.91. The van der Waals surface area contributed by atoms with Crippen LogP contribution in [0.2, 0.25) is 0 Å². The Kier molecular flexibility index (Phi) is 4.40. The molecule has 5 nitrogen and oxygen atoms in total. The molecule has 106 valence electrons. The van der Waals surface area contributed by atoms with Crippen LogP contribution in [-0.2, 0) is 24.8 Å². The van der Waals surface area contributed by atoms with Crippen molar-refractivity contribution >= 4 is 11.6 Å². The number of aryl methyl sites for hydroxylation is 2. The van der Waals surface area contributed by atoms with Gasteiger partial charge in [-0.3, -0.25) is 9.48 Å². The maximum atomic E-state index is 11.3. The molecule has 1 amide bonds. The lowest BCUT2D eigenvalue weighted by atomic mass is 10.1. The summed E-state index contributed by atoms with van der Waals surface area (Å²) >= 11 is 0. The first-order valence-electron chi connectivity index (χ1n) is 6.61. The molecule has 2 N–H and O–H groups in total. The molecule has 5 heteroatoms. The van der Waals surface area contributed by atoms with Gasteiger partial charge in [-0.2, -0.15) is 5.10 Å². The zero-order valence-electron chi connectivity index (χ0n) is 12.1. The topological polar surface area (TPSA) is 59.0 Å². The van der Waals surface area contributed by atoms with Crippen LogP contribution in [0.25, 0.3) is 0 Å². The molecule has 2 rings (SSSR count). The zero-order valence-corrected chi connectivity index (χ0v) is 12.1. The zero-order chi connectivity index (χ0) is 14.5. The molecule has 0 unspecified atom stereocenters. The summed E-state index contributed by atoms with van der Waals surface area (Å²) in [6.07, 6.45) is 2.43. The van der Waals surface area contributed by atoms with Crippen LogP contribution in [0.5, 0.6) is 0 Å². The van der Waals surface area contributed by atoms with Gasteiger partial charge in [-0.15, -0.1) is 0 Å². The first kappa shape index (κ1) is 14.1. The average Bonchev–Trinajstić information content (AvgIpc) is 2.76. The summed E-state index contributed by atoms with van der Waals surface area (Å²) < 4.78 is 1.82. The Morgan fingerprint density at radius 2 is 2.00 bits per heavy atom. The van der Waals surface area contributed by atoms with Crippen LogP contribution in [-0.4, -0.2) is 22.7 Å². The number of likely N-dealkylation sites (N-methyl/N-ethyl adjacent to an activating group) is 1. The fourth-order valence-corrected chi connectivity index (χ4v) is 2.03. The Morgan fingerprint density at radius 3 is 2.55 bits per heavy atom. The molecule has 1 aromatic heterocycles. The van der Waals surface area contributed by atoms with Gasteiger partial charge < -0.3 is 10.6 Å². The van der Waals surface area contributed by atoms with E-state index < -0.39 is 0 Å². The first-order valence-corrected chi connectivity index (χ1v) is 6.61. The van der Waals surface area contributed by atoms with Gasteiger partial charge in [-0.1, -0.05) is 12.1 Å². The predicted octanol–water partition coefficient (Wildman–Crippen LogP) is 1.63. The smallest absolute Gasteiger partial charge is 0.224 e. The largest absolute Gasteiger partial charge is 0.381 e. The minimum Gasteiger partial charge on any atom is -0.381 e. The number of hydrogen-bond acceptors (Lipinski definition) is 3. The lowest BCUT2D eigenvalue weighted by molar-refractivity contribution is -0.119. The Balaban J connectivity index is 1.94. The SMILES string of the molecule is CNC(=O)Cc1ccc(NCc2cn(C)nc2C)cc1. The maximum absolute atomic E-state index is 11.3. The van der Waals surface area contributed by atoms with Crippen molar-refractivity contribution in [3.05, 3.63) is 47.3 Å². The minimum atomic E-state index is 0.0247. The van der Waals surface area contributed by atoms with E-state index in [4.69, 9.17) is 0 Å². The lowest BCUT2D eigenvalue weighted by Gasteiger charge is -2.07. The van der Waals surface area contributed by atoms with E-state index in [1.807, 2.05) is 49.1 Å². The van der Waals surface area contributed by atoms with Crippen molar-refractivity contribution in [2.24, 2.45) is 7.05 Å².